The first-order valence-electron chi connectivity index (χ1n) is 6.77. The number of nitriles is 1. The maximum Gasteiger partial charge on any atom is 0.293 e. The zero-order chi connectivity index (χ0) is 15.4. The molecular weight excluding hydrogens is 272 g/mol. The standard InChI is InChI=1S/C14H16N4O3/c1-10(14(19)17-6-2-3-7-17)16-12-5-4-11(9-15)8-13(12)18(20)21/h4-5,8,10,16H,2-3,6-7H2,1H3. The minimum atomic E-state index is -0.559. The lowest BCUT2D eigenvalue weighted by molar-refractivity contribution is -0.384. The molecule has 1 fully saturated rings. The van der Waals surface area contributed by atoms with Crippen LogP contribution in [0.2, 0.25) is 0 Å². The average Bonchev–Trinajstić information content (AvgIpc) is 3.00. The van der Waals surface area contributed by atoms with Gasteiger partial charge in [-0.25, -0.2) is 0 Å². The average molecular weight is 288 g/mol. The van der Waals surface area contributed by atoms with Gasteiger partial charge in [-0.15, -0.1) is 0 Å². The highest BCUT2D eigenvalue weighted by atomic mass is 16.6. The van der Waals surface area contributed by atoms with Crippen LogP contribution in [0.3, 0.4) is 0 Å². The number of anilines is 1. The van der Waals surface area contributed by atoms with Gasteiger partial charge in [-0.05, 0) is 31.9 Å². The fraction of sp³-hybridized carbons (Fsp3) is 0.429. The summed E-state index contributed by atoms with van der Waals surface area (Å²) in [6, 6.07) is 5.47. The molecule has 0 aromatic heterocycles. The normalized spacial score (nSPS) is 15.3. The summed E-state index contributed by atoms with van der Waals surface area (Å²) in [5.41, 5.74) is 0.264. The van der Waals surface area contributed by atoms with Gasteiger partial charge >= 0.3 is 0 Å². The maximum atomic E-state index is 12.2. The summed E-state index contributed by atoms with van der Waals surface area (Å²) < 4.78 is 0. The molecule has 110 valence electrons. The highest BCUT2D eigenvalue weighted by Crippen LogP contribution is 2.26. The number of nitrogens with one attached hydrogen (secondary N) is 1. The zero-order valence-electron chi connectivity index (χ0n) is 11.7. The molecule has 2 rings (SSSR count). The van der Waals surface area contributed by atoms with E-state index >= 15 is 0 Å². The molecule has 0 bridgehead atoms. The van der Waals surface area contributed by atoms with Gasteiger partial charge in [0.15, 0.2) is 0 Å². The highest BCUT2D eigenvalue weighted by molar-refractivity contribution is 5.85. The molecule has 1 unspecified atom stereocenters. The molecule has 0 radical (unpaired) electrons. The van der Waals surface area contributed by atoms with Crippen LogP contribution in [0.1, 0.15) is 25.3 Å². The Morgan fingerprint density at radius 2 is 2.14 bits per heavy atom. The van der Waals surface area contributed by atoms with E-state index in [9.17, 15) is 14.9 Å². The van der Waals surface area contributed by atoms with Gasteiger partial charge in [-0.3, -0.25) is 14.9 Å². The van der Waals surface area contributed by atoms with E-state index in [1.54, 1.807) is 11.8 Å². The van der Waals surface area contributed by atoms with E-state index in [2.05, 4.69) is 5.32 Å². The third kappa shape index (κ3) is 3.28. The zero-order valence-corrected chi connectivity index (χ0v) is 11.7. The first-order chi connectivity index (χ1) is 10.0. The summed E-state index contributed by atoms with van der Waals surface area (Å²) in [6.07, 6.45) is 1.99. The van der Waals surface area contributed by atoms with Crippen LogP contribution >= 0.6 is 0 Å². The van der Waals surface area contributed by atoms with Crippen LogP contribution in [0.25, 0.3) is 0 Å². The van der Waals surface area contributed by atoms with Gasteiger partial charge in [0.05, 0.1) is 16.6 Å². The Morgan fingerprint density at radius 1 is 1.48 bits per heavy atom. The van der Waals surface area contributed by atoms with Crippen molar-refractivity contribution in [1.29, 1.82) is 5.26 Å². The Hall–Kier alpha value is -2.62. The number of hydrogen-bond donors (Lipinski definition) is 1. The number of benzene rings is 1. The summed E-state index contributed by atoms with van der Waals surface area (Å²) in [6.45, 7) is 3.16. The molecule has 0 spiro atoms. The Morgan fingerprint density at radius 3 is 2.71 bits per heavy atom. The number of rotatable bonds is 4. The quantitative estimate of drug-likeness (QED) is 0.673. The number of carbonyl (C=O) groups excluding carboxylic acids is 1. The SMILES string of the molecule is CC(Nc1ccc(C#N)cc1[N+](=O)[O-])C(=O)N1CCCC1. The molecule has 1 aromatic rings. The minimum absolute atomic E-state index is 0.0637. The van der Waals surface area contributed by atoms with Crippen LogP contribution < -0.4 is 5.32 Å². The summed E-state index contributed by atoms with van der Waals surface area (Å²) in [5, 5.41) is 22.7. The van der Waals surface area contributed by atoms with Crippen molar-refractivity contribution in [2.24, 2.45) is 0 Å². The number of likely N-dealkylation sites (tertiary alicyclic amines) is 1. The summed E-state index contributed by atoms with van der Waals surface area (Å²) >= 11 is 0. The van der Waals surface area contributed by atoms with Crippen molar-refractivity contribution < 1.29 is 9.72 Å². The van der Waals surface area contributed by atoms with Gasteiger partial charge in [-0.2, -0.15) is 5.26 Å². The predicted molar refractivity (Wildman–Crippen MR) is 76.7 cm³/mol. The van der Waals surface area contributed by atoms with Crippen LogP contribution in [0.4, 0.5) is 11.4 Å². The molecule has 1 heterocycles. The maximum absolute atomic E-state index is 12.2. The Kier molecular flexibility index (Phi) is 4.38. The van der Waals surface area contributed by atoms with Gasteiger partial charge in [0.2, 0.25) is 5.91 Å². The third-order valence-corrected chi connectivity index (χ3v) is 3.48. The molecule has 7 nitrogen and oxygen atoms in total. The van der Waals surface area contributed by atoms with E-state index in [4.69, 9.17) is 5.26 Å². The fourth-order valence-electron chi connectivity index (χ4n) is 2.38. The van der Waals surface area contributed by atoms with Crippen LogP contribution in [0.5, 0.6) is 0 Å². The van der Waals surface area contributed by atoms with Crippen molar-refractivity contribution >= 4 is 17.3 Å². The molecular formula is C14H16N4O3. The van der Waals surface area contributed by atoms with E-state index in [-0.39, 0.29) is 22.8 Å². The molecule has 1 amide bonds. The molecule has 0 saturated carbocycles. The molecule has 1 aliphatic heterocycles. The molecule has 21 heavy (non-hydrogen) atoms. The van der Waals surface area contributed by atoms with Crippen LogP contribution in [0.15, 0.2) is 18.2 Å². The summed E-state index contributed by atoms with van der Waals surface area (Å²) in [5.74, 6) is -0.0637. The van der Waals surface area contributed by atoms with Crippen LogP contribution in [0, 0.1) is 21.4 Å². The molecule has 0 aliphatic carbocycles. The third-order valence-electron chi connectivity index (χ3n) is 3.48. The van der Waals surface area contributed by atoms with E-state index in [1.807, 2.05) is 6.07 Å². The van der Waals surface area contributed by atoms with Gasteiger partial charge in [0, 0.05) is 19.2 Å². The smallest absolute Gasteiger partial charge is 0.293 e. The lowest BCUT2D eigenvalue weighted by Gasteiger charge is -2.21. The van der Waals surface area contributed by atoms with E-state index in [0.717, 1.165) is 25.9 Å². The lowest BCUT2D eigenvalue weighted by Crippen LogP contribution is -2.39. The second-order valence-electron chi connectivity index (χ2n) is 5.00. The van der Waals surface area contributed by atoms with Gasteiger partial charge in [0.25, 0.3) is 5.69 Å². The predicted octanol–water partition coefficient (Wildman–Crippen LogP) is 1.89. The monoisotopic (exact) mass is 288 g/mol. The Bertz CT molecular complexity index is 603. The van der Waals surface area contributed by atoms with E-state index in [0.29, 0.717) is 0 Å². The largest absolute Gasteiger partial charge is 0.368 e. The van der Waals surface area contributed by atoms with Crippen LogP contribution in [-0.4, -0.2) is 34.9 Å². The van der Waals surface area contributed by atoms with Crippen molar-refractivity contribution in [2.75, 3.05) is 18.4 Å². The molecule has 1 atom stereocenters. The van der Waals surface area contributed by atoms with Gasteiger partial charge < -0.3 is 10.2 Å². The molecule has 1 saturated heterocycles. The molecule has 1 aliphatic rings. The lowest BCUT2D eigenvalue weighted by atomic mass is 10.1. The van der Waals surface area contributed by atoms with Crippen molar-refractivity contribution in [3.8, 4) is 6.07 Å². The second kappa shape index (κ2) is 6.22. The molecule has 1 aromatic carbocycles. The van der Waals surface area contributed by atoms with E-state index < -0.39 is 11.0 Å². The first-order valence-corrected chi connectivity index (χ1v) is 6.77. The minimum Gasteiger partial charge on any atom is -0.368 e. The number of carbonyl (C=O) groups is 1. The van der Waals surface area contributed by atoms with Crippen molar-refractivity contribution in [2.45, 2.75) is 25.8 Å². The molecule has 7 heteroatoms. The van der Waals surface area contributed by atoms with Crippen molar-refractivity contribution in [3.05, 3.63) is 33.9 Å². The summed E-state index contributed by atoms with van der Waals surface area (Å²) in [4.78, 5) is 24.5. The van der Waals surface area contributed by atoms with Gasteiger partial charge in [-0.1, -0.05) is 0 Å². The Labute approximate surface area is 122 Å². The van der Waals surface area contributed by atoms with Crippen molar-refractivity contribution in [1.82, 2.24) is 4.90 Å². The number of nitrogens with zero attached hydrogens (tertiary/aromatic N) is 3. The fourth-order valence-corrected chi connectivity index (χ4v) is 2.38. The number of nitro benzene ring substituents is 1. The number of amides is 1. The topological polar surface area (TPSA) is 99.3 Å². The highest BCUT2D eigenvalue weighted by Gasteiger charge is 2.25. The number of hydrogen-bond acceptors (Lipinski definition) is 5. The van der Waals surface area contributed by atoms with Gasteiger partial charge in [0.1, 0.15) is 11.7 Å². The number of nitro groups is 1. The summed E-state index contributed by atoms with van der Waals surface area (Å²) in [7, 11) is 0. The first kappa shape index (κ1) is 14.8. The van der Waals surface area contributed by atoms with Crippen LogP contribution in [-0.2, 0) is 4.79 Å². The molecule has 1 N–H and O–H groups in total. The van der Waals surface area contributed by atoms with E-state index in [1.165, 1.54) is 18.2 Å². The second-order valence-corrected chi connectivity index (χ2v) is 5.00. The Balaban J connectivity index is 2.16. The van der Waals surface area contributed by atoms with Crippen molar-refractivity contribution in [3.63, 3.8) is 0 Å².